The second-order valence-electron chi connectivity index (χ2n) is 3.58. The molecule has 0 bridgehead atoms. The fourth-order valence-corrected chi connectivity index (χ4v) is 1.09. The lowest BCUT2D eigenvalue weighted by Gasteiger charge is -2.17. The molecule has 0 radical (unpaired) electrons. The normalized spacial score (nSPS) is 12.0. The fraction of sp³-hybridized carbons (Fsp3) is 0.900. The summed E-state index contributed by atoms with van der Waals surface area (Å²) >= 11 is 0. The number of ether oxygens (including phenoxy) is 1. The zero-order chi connectivity index (χ0) is 13.5. The molecule has 0 aromatic heterocycles. The monoisotopic (exact) mass is 259 g/mol. The standard InChI is InChI=1S/C10H17F4NO2/c1-3-7(4-2)17-9(16)15-6-5-10(13,14)8(11)12/h7-8H,3-6H2,1-2H3,(H,15,16). The second kappa shape index (κ2) is 7.34. The molecule has 1 N–H and O–H groups in total. The van der Waals surface area contributed by atoms with Crippen molar-refractivity contribution in [3.05, 3.63) is 0 Å². The number of hydrogen-bond acceptors (Lipinski definition) is 2. The lowest BCUT2D eigenvalue weighted by molar-refractivity contribution is -0.131. The van der Waals surface area contributed by atoms with Crippen molar-refractivity contribution in [3.8, 4) is 0 Å². The van der Waals surface area contributed by atoms with E-state index in [1.807, 2.05) is 19.2 Å². The van der Waals surface area contributed by atoms with Crippen molar-refractivity contribution >= 4 is 6.09 Å². The van der Waals surface area contributed by atoms with Gasteiger partial charge in [-0.25, -0.2) is 22.4 Å². The minimum atomic E-state index is -4.08. The van der Waals surface area contributed by atoms with Gasteiger partial charge in [0, 0.05) is 13.0 Å². The van der Waals surface area contributed by atoms with Crippen LogP contribution in [0.15, 0.2) is 0 Å². The van der Waals surface area contributed by atoms with Crippen molar-refractivity contribution in [2.75, 3.05) is 6.54 Å². The van der Waals surface area contributed by atoms with E-state index in [4.69, 9.17) is 4.74 Å². The Morgan fingerprint density at radius 3 is 2.24 bits per heavy atom. The van der Waals surface area contributed by atoms with Crippen molar-refractivity contribution < 1.29 is 27.1 Å². The van der Waals surface area contributed by atoms with Crippen molar-refractivity contribution in [3.63, 3.8) is 0 Å². The van der Waals surface area contributed by atoms with Gasteiger partial charge in [0.05, 0.1) is 0 Å². The van der Waals surface area contributed by atoms with E-state index in [1.165, 1.54) is 0 Å². The van der Waals surface area contributed by atoms with Gasteiger partial charge in [-0.1, -0.05) is 13.8 Å². The third-order valence-electron chi connectivity index (χ3n) is 2.23. The van der Waals surface area contributed by atoms with E-state index in [2.05, 4.69) is 0 Å². The van der Waals surface area contributed by atoms with Crippen LogP contribution in [0.3, 0.4) is 0 Å². The van der Waals surface area contributed by atoms with Gasteiger partial charge in [0.15, 0.2) is 0 Å². The molecule has 0 aromatic carbocycles. The molecule has 0 atom stereocenters. The topological polar surface area (TPSA) is 38.3 Å². The number of alkyl halides is 4. The molecule has 7 heteroatoms. The molecule has 0 saturated carbocycles. The Labute approximate surface area is 97.5 Å². The van der Waals surface area contributed by atoms with Crippen molar-refractivity contribution in [1.82, 2.24) is 5.32 Å². The Balaban J connectivity index is 3.86. The Bertz CT molecular complexity index is 232. The van der Waals surface area contributed by atoms with E-state index >= 15 is 0 Å². The largest absolute Gasteiger partial charge is 0.446 e. The Morgan fingerprint density at radius 2 is 1.82 bits per heavy atom. The average Bonchev–Trinajstić information content (AvgIpc) is 2.25. The highest BCUT2D eigenvalue weighted by Gasteiger charge is 2.40. The molecule has 0 saturated heterocycles. The van der Waals surface area contributed by atoms with Crippen LogP contribution in [-0.2, 0) is 4.74 Å². The first kappa shape index (κ1) is 16.0. The lowest BCUT2D eigenvalue weighted by Crippen LogP contribution is -2.35. The highest BCUT2D eigenvalue weighted by molar-refractivity contribution is 5.67. The van der Waals surface area contributed by atoms with Crippen LogP contribution in [0.1, 0.15) is 33.1 Å². The quantitative estimate of drug-likeness (QED) is 0.713. The zero-order valence-electron chi connectivity index (χ0n) is 9.81. The summed E-state index contributed by atoms with van der Waals surface area (Å²) < 4.78 is 53.3. The lowest BCUT2D eigenvalue weighted by atomic mass is 10.2. The molecule has 0 rings (SSSR count). The SMILES string of the molecule is CCC(CC)OC(=O)NCCC(F)(F)C(F)F. The molecule has 1 amide bonds. The molecule has 0 aliphatic carbocycles. The van der Waals surface area contributed by atoms with Crippen LogP contribution < -0.4 is 5.32 Å². The third-order valence-corrected chi connectivity index (χ3v) is 2.23. The van der Waals surface area contributed by atoms with Gasteiger partial charge in [-0.2, -0.15) is 0 Å². The number of carbonyl (C=O) groups is 1. The Morgan fingerprint density at radius 1 is 1.29 bits per heavy atom. The van der Waals surface area contributed by atoms with Crippen LogP contribution >= 0.6 is 0 Å². The summed E-state index contributed by atoms with van der Waals surface area (Å²) in [7, 11) is 0. The van der Waals surface area contributed by atoms with Crippen LogP contribution in [0.4, 0.5) is 22.4 Å². The van der Waals surface area contributed by atoms with Crippen molar-refractivity contribution in [1.29, 1.82) is 0 Å². The fourth-order valence-electron chi connectivity index (χ4n) is 1.09. The average molecular weight is 259 g/mol. The van der Waals surface area contributed by atoms with Gasteiger partial charge in [0.2, 0.25) is 0 Å². The van der Waals surface area contributed by atoms with Crippen molar-refractivity contribution in [2.45, 2.75) is 51.6 Å². The molecule has 0 unspecified atom stereocenters. The zero-order valence-corrected chi connectivity index (χ0v) is 9.81. The number of hydrogen-bond donors (Lipinski definition) is 1. The summed E-state index contributed by atoms with van der Waals surface area (Å²) in [6.07, 6.45) is -4.76. The molecular weight excluding hydrogens is 242 g/mol. The van der Waals surface area contributed by atoms with Crippen LogP contribution in [-0.4, -0.2) is 31.1 Å². The minimum Gasteiger partial charge on any atom is -0.446 e. The molecule has 0 aromatic rings. The Hall–Kier alpha value is -1.01. The third kappa shape index (κ3) is 6.33. The predicted molar refractivity (Wildman–Crippen MR) is 54.4 cm³/mol. The maximum absolute atomic E-state index is 12.4. The predicted octanol–water partition coefficient (Wildman–Crippen LogP) is 3.19. The molecule has 17 heavy (non-hydrogen) atoms. The van der Waals surface area contributed by atoms with Gasteiger partial charge in [-0.3, -0.25) is 0 Å². The highest BCUT2D eigenvalue weighted by Crippen LogP contribution is 2.25. The maximum Gasteiger partial charge on any atom is 0.407 e. The summed E-state index contributed by atoms with van der Waals surface area (Å²) in [6, 6.07) is 0. The van der Waals surface area contributed by atoms with Gasteiger partial charge in [-0.15, -0.1) is 0 Å². The first-order chi connectivity index (χ1) is 7.83. The smallest absolute Gasteiger partial charge is 0.407 e. The number of amides is 1. The van der Waals surface area contributed by atoms with Crippen LogP contribution in [0.25, 0.3) is 0 Å². The summed E-state index contributed by atoms with van der Waals surface area (Å²) in [4.78, 5) is 11.1. The minimum absolute atomic E-state index is 0.286. The van der Waals surface area contributed by atoms with E-state index in [0.717, 1.165) is 0 Å². The summed E-state index contributed by atoms with van der Waals surface area (Å²) in [5, 5.41) is 2.02. The van der Waals surface area contributed by atoms with Crippen LogP contribution in [0, 0.1) is 0 Å². The first-order valence-corrected chi connectivity index (χ1v) is 5.43. The number of halogens is 4. The summed E-state index contributed by atoms with van der Waals surface area (Å²) in [5.74, 6) is -4.08. The number of carbonyl (C=O) groups excluding carboxylic acids is 1. The molecule has 102 valence electrons. The van der Waals surface area contributed by atoms with Gasteiger partial charge in [0.1, 0.15) is 6.10 Å². The summed E-state index contributed by atoms with van der Waals surface area (Å²) in [5.41, 5.74) is 0. The molecule has 0 aliphatic rings. The molecule has 0 aliphatic heterocycles. The first-order valence-electron chi connectivity index (χ1n) is 5.43. The second-order valence-corrected chi connectivity index (χ2v) is 3.58. The van der Waals surface area contributed by atoms with E-state index in [-0.39, 0.29) is 6.10 Å². The maximum atomic E-state index is 12.4. The van der Waals surface area contributed by atoms with Gasteiger partial charge >= 0.3 is 18.4 Å². The highest BCUT2D eigenvalue weighted by atomic mass is 19.3. The van der Waals surface area contributed by atoms with Gasteiger partial charge < -0.3 is 10.1 Å². The van der Waals surface area contributed by atoms with Gasteiger partial charge in [0.25, 0.3) is 0 Å². The van der Waals surface area contributed by atoms with E-state index < -0.39 is 31.4 Å². The van der Waals surface area contributed by atoms with Crippen LogP contribution in [0.2, 0.25) is 0 Å². The molecular formula is C10H17F4NO2. The molecule has 3 nitrogen and oxygen atoms in total. The van der Waals surface area contributed by atoms with Gasteiger partial charge in [-0.05, 0) is 12.8 Å². The summed E-state index contributed by atoms with van der Waals surface area (Å²) in [6.45, 7) is 3.08. The molecule has 0 heterocycles. The van der Waals surface area contributed by atoms with E-state index in [1.54, 1.807) is 0 Å². The Kier molecular flexibility index (Phi) is 6.91. The van der Waals surface area contributed by atoms with E-state index in [0.29, 0.717) is 12.8 Å². The number of alkyl carbamates (subject to hydrolysis) is 1. The number of rotatable bonds is 7. The van der Waals surface area contributed by atoms with E-state index in [9.17, 15) is 22.4 Å². The number of nitrogens with one attached hydrogen (secondary N) is 1. The molecule has 0 fully saturated rings. The molecule has 0 spiro atoms. The van der Waals surface area contributed by atoms with Crippen molar-refractivity contribution in [2.24, 2.45) is 0 Å². The van der Waals surface area contributed by atoms with Crippen LogP contribution in [0.5, 0.6) is 0 Å².